The van der Waals surface area contributed by atoms with Crippen LogP contribution in [-0.4, -0.2) is 50.3 Å². The van der Waals surface area contributed by atoms with Gasteiger partial charge in [-0.05, 0) is 51.1 Å². The van der Waals surface area contributed by atoms with E-state index in [0.717, 1.165) is 17.7 Å². The molecule has 0 spiro atoms. The third kappa shape index (κ3) is 2.68. The van der Waals surface area contributed by atoms with Gasteiger partial charge in [-0.3, -0.25) is 0 Å². The van der Waals surface area contributed by atoms with E-state index in [1.54, 1.807) is 12.1 Å². The molecule has 0 radical (unpaired) electrons. The molecule has 1 fully saturated rings. The van der Waals surface area contributed by atoms with E-state index in [2.05, 4.69) is 4.90 Å². The summed E-state index contributed by atoms with van der Waals surface area (Å²) < 4.78 is 27.0. The van der Waals surface area contributed by atoms with Gasteiger partial charge in [0.05, 0.1) is 5.69 Å². The van der Waals surface area contributed by atoms with Crippen molar-refractivity contribution in [3.05, 3.63) is 23.3 Å². The van der Waals surface area contributed by atoms with E-state index in [4.69, 9.17) is 5.73 Å². The summed E-state index contributed by atoms with van der Waals surface area (Å²) in [5.74, 6) is 0. The second-order valence-corrected chi connectivity index (χ2v) is 7.57. The fraction of sp³-hybridized carbons (Fsp3) is 0.571. The van der Waals surface area contributed by atoms with Crippen molar-refractivity contribution in [2.24, 2.45) is 0 Å². The second kappa shape index (κ2) is 5.35. The van der Waals surface area contributed by atoms with Crippen molar-refractivity contribution in [3.8, 4) is 0 Å². The topological polar surface area (TPSA) is 66.6 Å². The lowest BCUT2D eigenvalue weighted by atomic mass is 10.1. The fourth-order valence-corrected chi connectivity index (χ4v) is 4.10. The normalized spacial score (nSPS) is 22.1. The SMILES string of the molecule is Cc1cc(N)c(S(=O)(=O)N2CCN(C)C(C)C2)cc1C. The number of hydrogen-bond acceptors (Lipinski definition) is 4. The lowest BCUT2D eigenvalue weighted by molar-refractivity contribution is 0.159. The first-order chi connectivity index (χ1) is 9.23. The Balaban J connectivity index is 2.38. The van der Waals surface area contributed by atoms with Gasteiger partial charge in [0.1, 0.15) is 4.90 Å². The fourth-order valence-electron chi connectivity index (χ4n) is 2.41. The maximum absolute atomic E-state index is 12.8. The molecular weight excluding hydrogens is 274 g/mol. The largest absolute Gasteiger partial charge is 0.398 e. The number of piperazine rings is 1. The van der Waals surface area contributed by atoms with Crippen LogP contribution >= 0.6 is 0 Å². The van der Waals surface area contributed by atoms with Gasteiger partial charge in [-0.25, -0.2) is 8.42 Å². The average molecular weight is 297 g/mol. The molecule has 1 saturated heterocycles. The van der Waals surface area contributed by atoms with E-state index in [1.165, 1.54) is 4.31 Å². The third-order valence-electron chi connectivity index (χ3n) is 4.17. The zero-order valence-electron chi connectivity index (χ0n) is 12.5. The van der Waals surface area contributed by atoms with E-state index < -0.39 is 10.0 Å². The lowest BCUT2D eigenvalue weighted by Gasteiger charge is -2.37. The monoisotopic (exact) mass is 297 g/mol. The molecule has 112 valence electrons. The van der Waals surface area contributed by atoms with Crippen molar-refractivity contribution in [1.29, 1.82) is 0 Å². The molecule has 1 aliphatic heterocycles. The van der Waals surface area contributed by atoms with Crippen LogP contribution in [0.2, 0.25) is 0 Å². The summed E-state index contributed by atoms with van der Waals surface area (Å²) in [6.07, 6.45) is 0. The van der Waals surface area contributed by atoms with Crippen molar-refractivity contribution < 1.29 is 8.42 Å². The number of nitrogens with zero attached hydrogens (tertiary/aromatic N) is 2. The number of aryl methyl sites for hydroxylation is 2. The maximum atomic E-state index is 12.8. The van der Waals surface area contributed by atoms with E-state index in [1.807, 2.05) is 27.8 Å². The molecule has 2 rings (SSSR count). The van der Waals surface area contributed by atoms with Crippen LogP contribution in [0.3, 0.4) is 0 Å². The Bertz CT molecular complexity index is 613. The summed E-state index contributed by atoms with van der Waals surface area (Å²) in [5.41, 5.74) is 8.21. The Morgan fingerprint density at radius 2 is 1.80 bits per heavy atom. The molecule has 1 atom stereocenters. The van der Waals surface area contributed by atoms with Crippen LogP contribution < -0.4 is 5.73 Å². The Hall–Kier alpha value is -1.11. The van der Waals surface area contributed by atoms with E-state index in [-0.39, 0.29) is 10.9 Å². The number of sulfonamides is 1. The number of nitrogen functional groups attached to an aromatic ring is 1. The van der Waals surface area contributed by atoms with Crippen LogP contribution in [0.15, 0.2) is 17.0 Å². The molecule has 0 bridgehead atoms. The van der Waals surface area contributed by atoms with Crippen LogP contribution in [0, 0.1) is 13.8 Å². The average Bonchev–Trinajstić information content (AvgIpc) is 2.36. The highest BCUT2D eigenvalue weighted by Crippen LogP contribution is 2.27. The summed E-state index contributed by atoms with van der Waals surface area (Å²) in [6.45, 7) is 7.62. The van der Waals surface area contributed by atoms with Gasteiger partial charge < -0.3 is 10.6 Å². The van der Waals surface area contributed by atoms with Crippen molar-refractivity contribution >= 4 is 15.7 Å². The van der Waals surface area contributed by atoms with E-state index in [9.17, 15) is 8.42 Å². The molecule has 5 nitrogen and oxygen atoms in total. The van der Waals surface area contributed by atoms with Crippen LogP contribution in [-0.2, 0) is 10.0 Å². The highest BCUT2D eigenvalue weighted by atomic mass is 32.2. The van der Waals surface area contributed by atoms with Crippen molar-refractivity contribution in [3.63, 3.8) is 0 Å². The van der Waals surface area contributed by atoms with E-state index >= 15 is 0 Å². The van der Waals surface area contributed by atoms with Gasteiger partial charge in [0.2, 0.25) is 10.0 Å². The number of nitrogens with two attached hydrogens (primary N) is 1. The number of benzene rings is 1. The minimum atomic E-state index is -3.51. The van der Waals surface area contributed by atoms with Gasteiger partial charge in [-0.2, -0.15) is 4.31 Å². The van der Waals surface area contributed by atoms with Crippen LogP contribution in [0.4, 0.5) is 5.69 Å². The van der Waals surface area contributed by atoms with Crippen LogP contribution in [0.5, 0.6) is 0 Å². The van der Waals surface area contributed by atoms with Crippen molar-refractivity contribution in [1.82, 2.24) is 9.21 Å². The molecule has 1 aliphatic rings. The maximum Gasteiger partial charge on any atom is 0.245 e. The first kappa shape index (κ1) is 15.3. The Morgan fingerprint density at radius 1 is 1.20 bits per heavy atom. The zero-order chi connectivity index (χ0) is 15.1. The molecule has 0 aromatic heterocycles. The Kier molecular flexibility index (Phi) is 4.09. The molecule has 0 amide bonds. The highest BCUT2D eigenvalue weighted by Gasteiger charge is 2.32. The minimum Gasteiger partial charge on any atom is -0.398 e. The first-order valence-electron chi connectivity index (χ1n) is 6.80. The van der Waals surface area contributed by atoms with Gasteiger partial charge in [0.25, 0.3) is 0 Å². The summed E-state index contributed by atoms with van der Waals surface area (Å²) >= 11 is 0. The first-order valence-corrected chi connectivity index (χ1v) is 8.24. The minimum absolute atomic E-state index is 0.214. The molecule has 1 aromatic carbocycles. The van der Waals surface area contributed by atoms with Crippen molar-refractivity contribution in [2.75, 3.05) is 32.4 Å². The molecular formula is C14H23N3O2S. The summed E-state index contributed by atoms with van der Waals surface area (Å²) in [6, 6.07) is 3.64. The Labute approximate surface area is 121 Å². The quantitative estimate of drug-likeness (QED) is 0.833. The number of likely N-dealkylation sites (N-methyl/N-ethyl adjacent to an activating group) is 1. The van der Waals surface area contributed by atoms with Gasteiger partial charge in [0, 0.05) is 25.7 Å². The van der Waals surface area contributed by atoms with Gasteiger partial charge in [0.15, 0.2) is 0 Å². The molecule has 2 N–H and O–H groups in total. The van der Waals surface area contributed by atoms with Crippen molar-refractivity contribution in [2.45, 2.75) is 31.7 Å². The van der Waals surface area contributed by atoms with E-state index in [0.29, 0.717) is 18.8 Å². The van der Waals surface area contributed by atoms with Gasteiger partial charge >= 0.3 is 0 Å². The number of rotatable bonds is 2. The lowest BCUT2D eigenvalue weighted by Crippen LogP contribution is -2.51. The molecule has 6 heteroatoms. The smallest absolute Gasteiger partial charge is 0.245 e. The highest BCUT2D eigenvalue weighted by molar-refractivity contribution is 7.89. The standard InChI is InChI=1S/C14H23N3O2S/c1-10-7-13(15)14(8-11(10)2)20(18,19)17-6-5-16(4)12(3)9-17/h7-8,12H,5-6,9,15H2,1-4H3. The molecule has 1 aromatic rings. The van der Waals surface area contributed by atoms with Crippen LogP contribution in [0.25, 0.3) is 0 Å². The predicted octanol–water partition coefficient (Wildman–Crippen LogP) is 1.21. The zero-order valence-corrected chi connectivity index (χ0v) is 13.4. The third-order valence-corrected chi connectivity index (χ3v) is 6.09. The number of hydrogen-bond donors (Lipinski definition) is 1. The molecule has 0 aliphatic carbocycles. The summed E-state index contributed by atoms with van der Waals surface area (Å²) in [5, 5.41) is 0. The van der Waals surface area contributed by atoms with Crippen LogP contribution in [0.1, 0.15) is 18.1 Å². The van der Waals surface area contributed by atoms with Gasteiger partial charge in [-0.15, -0.1) is 0 Å². The molecule has 1 unspecified atom stereocenters. The molecule has 1 heterocycles. The van der Waals surface area contributed by atoms with Gasteiger partial charge in [-0.1, -0.05) is 0 Å². The predicted molar refractivity (Wildman–Crippen MR) is 81.2 cm³/mol. The summed E-state index contributed by atoms with van der Waals surface area (Å²) in [4.78, 5) is 2.40. The Morgan fingerprint density at radius 3 is 2.40 bits per heavy atom. The number of anilines is 1. The second-order valence-electron chi connectivity index (χ2n) is 5.67. The molecule has 20 heavy (non-hydrogen) atoms. The molecule has 0 saturated carbocycles. The summed E-state index contributed by atoms with van der Waals surface area (Å²) in [7, 11) is -1.49.